The van der Waals surface area contributed by atoms with Gasteiger partial charge in [0.1, 0.15) is 5.75 Å². The average Bonchev–Trinajstić information content (AvgIpc) is 2.74. The van der Waals surface area contributed by atoms with E-state index in [9.17, 15) is 9.90 Å². The van der Waals surface area contributed by atoms with Crippen LogP contribution in [0.1, 0.15) is 57.1 Å². The molecule has 0 radical (unpaired) electrons. The maximum atomic E-state index is 12.0. The third kappa shape index (κ3) is 5.05. The van der Waals surface area contributed by atoms with Crippen LogP contribution in [-0.4, -0.2) is 23.7 Å². The number of carbonyl (C=O) groups excluding carboxylic acids is 1. The van der Waals surface area contributed by atoms with Gasteiger partial charge in [0.15, 0.2) is 6.61 Å². The van der Waals surface area contributed by atoms with Crippen LogP contribution in [0.25, 0.3) is 0 Å². The molecule has 0 bridgehead atoms. The predicted octanol–water partition coefficient (Wildman–Crippen LogP) is 2.96. The molecule has 0 saturated heterocycles. The summed E-state index contributed by atoms with van der Waals surface area (Å²) < 4.78 is 5.56. The molecule has 0 aliphatic heterocycles. The molecule has 0 unspecified atom stereocenters. The van der Waals surface area contributed by atoms with E-state index in [0.717, 1.165) is 12.8 Å². The number of rotatable bonds is 5. The van der Waals surface area contributed by atoms with Crippen molar-refractivity contribution in [3.63, 3.8) is 0 Å². The van der Waals surface area contributed by atoms with Crippen LogP contribution < -0.4 is 10.1 Å². The Bertz CT molecular complexity index is 451. The molecule has 4 nitrogen and oxygen atoms in total. The van der Waals surface area contributed by atoms with Crippen molar-refractivity contribution in [2.75, 3.05) is 6.61 Å². The Morgan fingerprint density at radius 3 is 2.62 bits per heavy atom. The number of carbonyl (C=O) groups is 1. The monoisotopic (exact) mass is 291 g/mol. The zero-order valence-corrected chi connectivity index (χ0v) is 12.7. The number of para-hydroxylation sites is 1. The summed E-state index contributed by atoms with van der Waals surface area (Å²) in [5.41, 5.74) is 0.708. The van der Waals surface area contributed by atoms with Crippen molar-refractivity contribution < 1.29 is 14.6 Å². The zero-order chi connectivity index (χ0) is 15.1. The molecule has 2 rings (SSSR count). The first kappa shape index (κ1) is 15.8. The summed E-state index contributed by atoms with van der Waals surface area (Å²) in [5, 5.41) is 12.7. The van der Waals surface area contributed by atoms with Gasteiger partial charge in [0.2, 0.25) is 0 Å². The van der Waals surface area contributed by atoms with Crippen molar-refractivity contribution in [2.24, 2.45) is 0 Å². The Labute approximate surface area is 126 Å². The molecule has 0 aromatic heterocycles. The van der Waals surface area contributed by atoms with Gasteiger partial charge < -0.3 is 15.2 Å². The van der Waals surface area contributed by atoms with E-state index in [-0.39, 0.29) is 18.6 Å². The van der Waals surface area contributed by atoms with Gasteiger partial charge >= 0.3 is 0 Å². The molecule has 21 heavy (non-hydrogen) atoms. The van der Waals surface area contributed by atoms with E-state index in [2.05, 4.69) is 5.32 Å². The maximum absolute atomic E-state index is 12.0. The summed E-state index contributed by atoms with van der Waals surface area (Å²) in [6.07, 6.45) is 6.44. The van der Waals surface area contributed by atoms with Crippen molar-refractivity contribution in [3.8, 4) is 5.75 Å². The van der Waals surface area contributed by atoms with Crippen LogP contribution >= 0.6 is 0 Å². The van der Waals surface area contributed by atoms with Crippen LogP contribution in [0.15, 0.2) is 24.3 Å². The second kappa shape index (κ2) is 8.03. The lowest BCUT2D eigenvalue weighted by Crippen LogP contribution is -2.37. The van der Waals surface area contributed by atoms with Crippen LogP contribution in [0, 0.1) is 0 Å². The van der Waals surface area contributed by atoms with Crippen molar-refractivity contribution in [1.29, 1.82) is 0 Å². The Morgan fingerprint density at radius 1 is 1.29 bits per heavy atom. The molecule has 2 N–H and O–H groups in total. The first-order valence-electron chi connectivity index (χ1n) is 7.86. The quantitative estimate of drug-likeness (QED) is 0.820. The molecular formula is C17H25NO3. The molecule has 116 valence electrons. The fraction of sp³-hybridized carbons (Fsp3) is 0.588. The maximum Gasteiger partial charge on any atom is 0.258 e. The second-order valence-corrected chi connectivity index (χ2v) is 5.76. The Kier molecular flexibility index (Phi) is 6.05. The zero-order valence-electron chi connectivity index (χ0n) is 12.7. The van der Waals surface area contributed by atoms with Crippen LogP contribution in [-0.2, 0) is 4.79 Å². The first-order chi connectivity index (χ1) is 10.2. The van der Waals surface area contributed by atoms with Gasteiger partial charge in [-0.1, -0.05) is 43.9 Å². The topological polar surface area (TPSA) is 58.6 Å². The number of amides is 1. The summed E-state index contributed by atoms with van der Waals surface area (Å²) in [7, 11) is 0. The first-order valence-corrected chi connectivity index (χ1v) is 7.86. The van der Waals surface area contributed by atoms with Gasteiger partial charge in [-0.2, -0.15) is 0 Å². The van der Waals surface area contributed by atoms with Crippen LogP contribution in [0.3, 0.4) is 0 Å². The summed E-state index contributed by atoms with van der Waals surface area (Å²) in [6, 6.07) is 7.56. The fourth-order valence-electron chi connectivity index (χ4n) is 2.79. The third-order valence-electron chi connectivity index (χ3n) is 3.95. The number of aliphatic hydroxyl groups is 1. The van der Waals surface area contributed by atoms with Crippen molar-refractivity contribution in [1.82, 2.24) is 5.32 Å². The van der Waals surface area contributed by atoms with Crippen LogP contribution in [0.2, 0.25) is 0 Å². The highest BCUT2D eigenvalue weighted by Crippen LogP contribution is 2.24. The second-order valence-electron chi connectivity index (χ2n) is 5.76. The minimum Gasteiger partial charge on any atom is -0.483 e. The van der Waals surface area contributed by atoms with Crippen molar-refractivity contribution in [3.05, 3.63) is 29.8 Å². The third-order valence-corrected chi connectivity index (χ3v) is 3.95. The van der Waals surface area contributed by atoms with E-state index in [4.69, 9.17) is 4.74 Å². The number of nitrogens with one attached hydrogen (secondary N) is 1. The molecule has 1 amide bonds. The van der Waals surface area contributed by atoms with E-state index in [1.807, 2.05) is 18.2 Å². The molecule has 1 aromatic rings. The van der Waals surface area contributed by atoms with Crippen LogP contribution in [0.5, 0.6) is 5.75 Å². The average molecular weight is 291 g/mol. The van der Waals surface area contributed by atoms with E-state index in [1.54, 1.807) is 13.0 Å². The van der Waals surface area contributed by atoms with E-state index in [0.29, 0.717) is 11.3 Å². The Hall–Kier alpha value is -1.55. The highest BCUT2D eigenvalue weighted by molar-refractivity contribution is 5.77. The molecule has 4 heteroatoms. The lowest BCUT2D eigenvalue weighted by Gasteiger charge is -2.17. The van der Waals surface area contributed by atoms with Crippen LogP contribution in [0.4, 0.5) is 0 Å². The van der Waals surface area contributed by atoms with E-state index < -0.39 is 6.10 Å². The highest BCUT2D eigenvalue weighted by atomic mass is 16.5. The predicted molar refractivity (Wildman–Crippen MR) is 82.2 cm³/mol. The Morgan fingerprint density at radius 2 is 1.95 bits per heavy atom. The van der Waals surface area contributed by atoms with Gasteiger partial charge in [-0.05, 0) is 25.8 Å². The normalized spacial score (nSPS) is 17.8. The van der Waals surface area contributed by atoms with Gasteiger partial charge in [-0.3, -0.25) is 4.79 Å². The van der Waals surface area contributed by atoms with E-state index >= 15 is 0 Å². The molecule has 1 atom stereocenters. The summed E-state index contributed by atoms with van der Waals surface area (Å²) >= 11 is 0. The van der Waals surface area contributed by atoms with Gasteiger partial charge in [0.25, 0.3) is 5.91 Å². The van der Waals surface area contributed by atoms with Gasteiger partial charge in [-0.25, -0.2) is 0 Å². The smallest absolute Gasteiger partial charge is 0.258 e. The molecular weight excluding hydrogens is 266 g/mol. The molecule has 0 spiro atoms. The summed E-state index contributed by atoms with van der Waals surface area (Å²) in [4.78, 5) is 12.0. The van der Waals surface area contributed by atoms with Gasteiger partial charge in [0.05, 0.1) is 6.10 Å². The summed E-state index contributed by atoms with van der Waals surface area (Å²) in [5.74, 6) is 0.491. The van der Waals surface area contributed by atoms with Gasteiger partial charge in [0, 0.05) is 11.6 Å². The molecule has 0 heterocycles. The summed E-state index contributed by atoms with van der Waals surface area (Å²) in [6.45, 7) is 1.69. The number of hydrogen-bond donors (Lipinski definition) is 2. The number of hydrogen-bond acceptors (Lipinski definition) is 3. The minimum atomic E-state index is -0.605. The standard InChI is InChI=1S/C17H25NO3/c1-13(19)15-10-6-7-11-16(15)21-12-17(20)18-14-8-4-2-3-5-9-14/h6-7,10-11,13-14,19H,2-5,8-9,12H2,1H3,(H,18,20)/t13-/m1/s1. The lowest BCUT2D eigenvalue weighted by atomic mass is 10.1. The lowest BCUT2D eigenvalue weighted by molar-refractivity contribution is -0.123. The number of ether oxygens (including phenoxy) is 1. The largest absolute Gasteiger partial charge is 0.483 e. The highest BCUT2D eigenvalue weighted by Gasteiger charge is 2.15. The molecule has 1 fully saturated rings. The van der Waals surface area contributed by atoms with E-state index in [1.165, 1.54) is 25.7 Å². The van der Waals surface area contributed by atoms with Crippen molar-refractivity contribution in [2.45, 2.75) is 57.6 Å². The fourth-order valence-corrected chi connectivity index (χ4v) is 2.79. The SMILES string of the molecule is C[C@@H](O)c1ccccc1OCC(=O)NC1CCCCCC1. The molecule has 1 aliphatic rings. The van der Waals surface area contributed by atoms with Gasteiger partial charge in [-0.15, -0.1) is 0 Å². The number of aliphatic hydroxyl groups excluding tert-OH is 1. The minimum absolute atomic E-state index is 0.000231. The van der Waals surface area contributed by atoms with Crippen molar-refractivity contribution >= 4 is 5.91 Å². The Balaban J connectivity index is 1.83. The molecule has 1 aliphatic carbocycles. The molecule has 1 saturated carbocycles. The number of benzene rings is 1. The molecule has 1 aromatic carbocycles.